The first kappa shape index (κ1) is 16.2. The highest BCUT2D eigenvalue weighted by Gasteiger charge is 2.29. The van der Waals surface area contributed by atoms with Crippen molar-refractivity contribution in [1.82, 2.24) is 9.71 Å². The molecule has 0 aliphatic carbocycles. The SMILES string of the molecule is COC(=O)C(C)NS(=O)(=O)c1c(C)[nH]c(C(=O)O)c1C. The standard InChI is InChI=1S/C11H16N2O6S/c1-5-8(10(14)15)12-6(2)9(5)20(17,18)13-7(3)11(16)19-4/h7,12-13H,1-4H3,(H,14,15). The molecule has 0 aliphatic rings. The molecule has 1 aromatic rings. The Bertz CT molecular complexity index is 646. The number of methoxy groups -OCH3 is 1. The third-order valence-corrected chi connectivity index (χ3v) is 4.55. The number of aromatic nitrogens is 1. The summed E-state index contributed by atoms with van der Waals surface area (Å²) in [5, 5.41) is 8.96. The molecule has 0 saturated heterocycles. The van der Waals surface area contributed by atoms with Gasteiger partial charge in [-0.3, -0.25) is 4.79 Å². The molecular weight excluding hydrogens is 288 g/mol. The van der Waals surface area contributed by atoms with Crippen LogP contribution in [0.2, 0.25) is 0 Å². The lowest BCUT2D eigenvalue weighted by molar-refractivity contribution is -0.142. The number of rotatable bonds is 5. The molecule has 0 amide bonds. The monoisotopic (exact) mass is 304 g/mol. The molecule has 0 spiro atoms. The van der Waals surface area contributed by atoms with E-state index >= 15 is 0 Å². The van der Waals surface area contributed by atoms with Crippen molar-refractivity contribution in [3.05, 3.63) is 17.0 Å². The number of carboxylic acid groups (broad SMARTS) is 1. The lowest BCUT2D eigenvalue weighted by atomic mass is 10.2. The number of esters is 1. The van der Waals surface area contributed by atoms with Crippen LogP contribution in [0.3, 0.4) is 0 Å². The van der Waals surface area contributed by atoms with Gasteiger partial charge in [-0.15, -0.1) is 0 Å². The van der Waals surface area contributed by atoms with E-state index in [9.17, 15) is 18.0 Å². The van der Waals surface area contributed by atoms with Gasteiger partial charge in [-0.05, 0) is 20.8 Å². The maximum absolute atomic E-state index is 12.2. The minimum Gasteiger partial charge on any atom is -0.477 e. The van der Waals surface area contributed by atoms with Crippen LogP contribution < -0.4 is 4.72 Å². The van der Waals surface area contributed by atoms with Crippen molar-refractivity contribution in [2.75, 3.05) is 7.11 Å². The number of nitrogens with one attached hydrogen (secondary N) is 2. The summed E-state index contributed by atoms with van der Waals surface area (Å²) in [5.41, 5.74) is 0.0672. The van der Waals surface area contributed by atoms with Crippen LogP contribution in [0.4, 0.5) is 0 Å². The Morgan fingerprint density at radius 3 is 2.30 bits per heavy atom. The van der Waals surface area contributed by atoms with E-state index in [1.54, 1.807) is 0 Å². The Morgan fingerprint density at radius 2 is 1.90 bits per heavy atom. The zero-order valence-corrected chi connectivity index (χ0v) is 12.3. The third kappa shape index (κ3) is 2.99. The minimum absolute atomic E-state index is 0.0829. The Labute approximate surface area is 116 Å². The minimum atomic E-state index is -4.03. The first-order valence-corrected chi connectivity index (χ1v) is 7.12. The molecule has 9 heteroatoms. The zero-order chi connectivity index (χ0) is 15.7. The Morgan fingerprint density at radius 1 is 1.35 bits per heavy atom. The van der Waals surface area contributed by atoms with Crippen molar-refractivity contribution in [3.63, 3.8) is 0 Å². The molecule has 20 heavy (non-hydrogen) atoms. The topological polar surface area (TPSA) is 126 Å². The van der Waals surface area contributed by atoms with E-state index in [1.807, 2.05) is 0 Å². The van der Waals surface area contributed by atoms with Crippen molar-refractivity contribution < 1.29 is 27.9 Å². The van der Waals surface area contributed by atoms with Gasteiger partial charge in [0.25, 0.3) is 0 Å². The lowest BCUT2D eigenvalue weighted by Gasteiger charge is -2.12. The predicted octanol–water partition coefficient (Wildman–Crippen LogP) is 0.170. The number of carboxylic acids is 1. The highest BCUT2D eigenvalue weighted by Crippen LogP contribution is 2.23. The largest absolute Gasteiger partial charge is 0.477 e. The van der Waals surface area contributed by atoms with Gasteiger partial charge in [0.2, 0.25) is 10.0 Å². The quantitative estimate of drug-likeness (QED) is 0.666. The molecule has 3 N–H and O–H groups in total. The van der Waals surface area contributed by atoms with Crippen molar-refractivity contribution in [1.29, 1.82) is 0 Å². The summed E-state index contributed by atoms with van der Waals surface area (Å²) < 4.78 is 31.0. The molecule has 0 radical (unpaired) electrons. The van der Waals surface area contributed by atoms with Gasteiger partial charge in [-0.2, -0.15) is 4.72 Å². The van der Waals surface area contributed by atoms with Crippen LogP contribution in [0.5, 0.6) is 0 Å². The Kier molecular flexibility index (Phi) is 4.56. The predicted molar refractivity (Wildman–Crippen MR) is 69.0 cm³/mol. The van der Waals surface area contributed by atoms with Gasteiger partial charge in [0.1, 0.15) is 16.6 Å². The fourth-order valence-electron chi connectivity index (χ4n) is 1.87. The second-order valence-corrected chi connectivity index (χ2v) is 5.90. The average Bonchev–Trinajstić information content (AvgIpc) is 2.63. The summed E-state index contributed by atoms with van der Waals surface area (Å²) in [7, 11) is -2.89. The summed E-state index contributed by atoms with van der Waals surface area (Å²) >= 11 is 0. The van der Waals surface area contributed by atoms with Gasteiger partial charge < -0.3 is 14.8 Å². The number of carbonyl (C=O) groups excluding carboxylic acids is 1. The van der Waals surface area contributed by atoms with E-state index in [-0.39, 0.29) is 21.8 Å². The van der Waals surface area contributed by atoms with Gasteiger partial charge in [0.05, 0.1) is 7.11 Å². The number of aryl methyl sites for hydroxylation is 1. The van der Waals surface area contributed by atoms with Crippen LogP contribution in [0.1, 0.15) is 28.7 Å². The Hall–Kier alpha value is -1.87. The maximum Gasteiger partial charge on any atom is 0.352 e. The molecule has 112 valence electrons. The molecule has 1 aromatic heterocycles. The first-order valence-electron chi connectivity index (χ1n) is 5.64. The number of aromatic amines is 1. The van der Waals surface area contributed by atoms with E-state index in [4.69, 9.17) is 5.11 Å². The van der Waals surface area contributed by atoms with Crippen LogP contribution in [0.25, 0.3) is 0 Å². The van der Waals surface area contributed by atoms with E-state index in [0.717, 1.165) is 7.11 Å². The highest BCUT2D eigenvalue weighted by molar-refractivity contribution is 7.89. The number of ether oxygens (including phenoxy) is 1. The molecule has 1 unspecified atom stereocenters. The van der Waals surface area contributed by atoms with E-state index in [0.29, 0.717) is 0 Å². The van der Waals surface area contributed by atoms with Gasteiger partial charge in [0, 0.05) is 11.3 Å². The molecular formula is C11H16N2O6S. The van der Waals surface area contributed by atoms with E-state index < -0.39 is 28.0 Å². The summed E-state index contributed by atoms with van der Waals surface area (Å²) in [6.07, 6.45) is 0. The Balaban J connectivity index is 3.23. The number of carbonyl (C=O) groups is 2. The highest BCUT2D eigenvalue weighted by atomic mass is 32.2. The molecule has 0 aromatic carbocycles. The van der Waals surface area contributed by atoms with Crippen LogP contribution in [-0.2, 0) is 19.6 Å². The fourth-order valence-corrected chi connectivity index (χ4v) is 3.51. The summed E-state index contributed by atoms with van der Waals surface area (Å²) in [6.45, 7) is 4.15. The van der Waals surface area contributed by atoms with Crippen LogP contribution >= 0.6 is 0 Å². The van der Waals surface area contributed by atoms with Crippen molar-refractivity contribution >= 4 is 22.0 Å². The van der Waals surface area contributed by atoms with E-state index in [1.165, 1.54) is 20.8 Å². The fraction of sp³-hybridized carbons (Fsp3) is 0.455. The molecule has 8 nitrogen and oxygen atoms in total. The van der Waals surface area contributed by atoms with Crippen LogP contribution in [-0.4, -0.2) is 43.6 Å². The molecule has 1 rings (SSSR count). The lowest BCUT2D eigenvalue weighted by Crippen LogP contribution is -2.39. The number of hydrogen-bond acceptors (Lipinski definition) is 5. The first-order chi connectivity index (χ1) is 9.11. The smallest absolute Gasteiger partial charge is 0.352 e. The maximum atomic E-state index is 12.2. The van der Waals surface area contributed by atoms with Crippen molar-refractivity contribution in [3.8, 4) is 0 Å². The van der Waals surface area contributed by atoms with E-state index in [2.05, 4.69) is 14.4 Å². The second kappa shape index (κ2) is 5.63. The van der Waals surface area contributed by atoms with Gasteiger partial charge in [-0.25, -0.2) is 13.2 Å². The molecule has 0 saturated carbocycles. The summed E-state index contributed by atoms with van der Waals surface area (Å²) in [5.74, 6) is -1.99. The molecule has 0 bridgehead atoms. The van der Waals surface area contributed by atoms with Crippen molar-refractivity contribution in [2.24, 2.45) is 0 Å². The summed E-state index contributed by atoms with van der Waals surface area (Å²) in [4.78, 5) is 24.5. The van der Waals surface area contributed by atoms with Gasteiger partial charge in [-0.1, -0.05) is 0 Å². The zero-order valence-electron chi connectivity index (χ0n) is 11.5. The summed E-state index contributed by atoms with van der Waals surface area (Å²) in [6, 6.07) is -1.08. The average molecular weight is 304 g/mol. The number of hydrogen-bond donors (Lipinski definition) is 3. The van der Waals surface area contributed by atoms with Gasteiger partial charge in [0.15, 0.2) is 0 Å². The second-order valence-electron chi connectivity index (χ2n) is 4.25. The number of aromatic carboxylic acids is 1. The van der Waals surface area contributed by atoms with Crippen LogP contribution in [0.15, 0.2) is 4.90 Å². The number of sulfonamides is 1. The molecule has 1 atom stereocenters. The molecule has 0 aliphatic heterocycles. The number of H-pyrrole nitrogens is 1. The third-order valence-electron chi connectivity index (χ3n) is 2.74. The molecule has 0 fully saturated rings. The van der Waals surface area contributed by atoms with Gasteiger partial charge >= 0.3 is 11.9 Å². The molecule has 1 heterocycles. The van der Waals surface area contributed by atoms with Crippen LogP contribution in [0, 0.1) is 13.8 Å². The van der Waals surface area contributed by atoms with Crippen molar-refractivity contribution in [2.45, 2.75) is 31.7 Å². The normalized spacial score (nSPS) is 13.0.